The second kappa shape index (κ2) is 2.39. The predicted molar refractivity (Wildman–Crippen MR) is 37.1 cm³/mol. The van der Waals surface area contributed by atoms with Gasteiger partial charge in [-0.3, -0.25) is 0 Å². The summed E-state index contributed by atoms with van der Waals surface area (Å²) < 4.78 is 0. The van der Waals surface area contributed by atoms with Crippen molar-refractivity contribution in [1.82, 2.24) is 5.41 Å². The molecule has 0 fully saturated rings. The van der Waals surface area contributed by atoms with Crippen molar-refractivity contribution in [3.8, 4) is 11.5 Å². The molecular weight excluding hydrogens is 130 g/mol. The number of rotatable bonds is 1. The Morgan fingerprint density at radius 2 is 2.00 bits per heavy atom. The van der Waals surface area contributed by atoms with Gasteiger partial charge in [0.2, 0.25) is 0 Å². The van der Waals surface area contributed by atoms with E-state index in [1.165, 1.54) is 12.1 Å². The summed E-state index contributed by atoms with van der Waals surface area (Å²) in [6.45, 7) is 0. The Hall–Kier alpha value is -1.51. The van der Waals surface area contributed by atoms with Crippen molar-refractivity contribution < 1.29 is 10.2 Å². The molecule has 0 spiro atoms. The first-order valence-corrected chi connectivity index (χ1v) is 2.73. The van der Waals surface area contributed by atoms with E-state index in [2.05, 4.69) is 0 Å². The third-order valence-electron chi connectivity index (χ3n) is 1.15. The molecule has 0 saturated heterocycles. The van der Waals surface area contributed by atoms with E-state index < -0.39 is 0 Å². The number of hydrogen-bond acceptors (Lipinski definition) is 2. The fraction of sp³-hybridized carbons (Fsp3) is 0. The Balaban J connectivity index is 3.19. The third-order valence-corrected chi connectivity index (χ3v) is 1.15. The number of phenols is 2. The number of benzene rings is 1. The molecule has 0 aliphatic carbocycles. The zero-order valence-corrected chi connectivity index (χ0v) is 5.15. The summed E-state index contributed by atoms with van der Waals surface area (Å²) in [5.41, 5.74) is 0.290. The molecule has 3 heteroatoms. The monoisotopic (exact) mass is 136 g/mol. The smallest absolute Gasteiger partial charge is 0.128 e. The SMILES string of the molecule is [N]=Cc1ccc(O)cc1O. The van der Waals surface area contributed by atoms with Crippen LogP contribution < -0.4 is 5.41 Å². The summed E-state index contributed by atoms with van der Waals surface area (Å²) in [7, 11) is 0. The van der Waals surface area contributed by atoms with Gasteiger partial charge in [-0.1, -0.05) is 0 Å². The molecule has 1 radical (unpaired) electrons. The maximum Gasteiger partial charge on any atom is 0.128 e. The molecule has 1 aromatic carbocycles. The van der Waals surface area contributed by atoms with Gasteiger partial charge in [0.25, 0.3) is 0 Å². The van der Waals surface area contributed by atoms with Crippen LogP contribution in [0.2, 0.25) is 0 Å². The molecule has 1 rings (SSSR count). The Labute approximate surface area is 58.1 Å². The van der Waals surface area contributed by atoms with E-state index >= 15 is 0 Å². The molecule has 10 heavy (non-hydrogen) atoms. The van der Waals surface area contributed by atoms with Crippen LogP contribution in [0.4, 0.5) is 0 Å². The molecule has 3 nitrogen and oxygen atoms in total. The van der Waals surface area contributed by atoms with Crippen molar-refractivity contribution in [2.75, 3.05) is 0 Å². The highest BCUT2D eigenvalue weighted by Gasteiger charge is 1.97. The van der Waals surface area contributed by atoms with Crippen molar-refractivity contribution in [2.24, 2.45) is 0 Å². The van der Waals surface area contributed by atoms with Crippen LogP contribution in [-0.4, -0.2) is 16.4 Å². The van der Waals surface area contributed by atoms with Crippen molar-refractivity contribution in [2.45, 2.75) is 0 Å². The van der Waals surface area contributed by atoms with Gasteiger partial charge in [-0.25, -0.2) is 0 Å². The number of hydrogen-bond donors (Lipinski definition) is 2. The van der Waals surface area contributed by atoms with Crippen molar-refractivity contribution in [3.63, 3.8) is 0 Å². The van der Waals surface area contributed by atoms with Crippen LogP contribution in [0.1, 0.15) is 5.56 Å². The molecule has 0 aromatic heterocycles. The van der Waals surface area contributed by atoms with Gasteiger partial charge >= 0.3 is 0 Å². The van der Waals surface area contributed by atoms with Crippen LogP contribution >= 0.6 is 0 Å². The first-order valence-electron chi connectivity index (χ1n) is 2.73. The van der Waals surface area contributed by atoms with E-state index in [0.717, 1.165) is 12.3 Å². The first-order chi connectivity index (χ1) is 4.74. The van der Waals surface area contributed by atoms with Gasteiger partial charge in [0.1, 0.15) is 11.5 Å². The number of aromatic hydroxyl groups is 2. The molecule has 0 saturated carbocycles. The fourth-order valence-corrected chi connectivity index (χ4v) is 0.641. The standard InChI is InChI=1S/C7H6NO2/c8-4-5-1-2-6(9)3-7(5)10/h1-4,9-10H. The van der Waals surface area contributed by atoms with E-state index in [1.54, 1.807) is 0 Å². The lowest BCUT2D eigenvalue weighted by molar-refractivity contribution is 0.450. The van der Waals surface area contributed by atoms with Gasteiger partial charge in [0.15, 0.2) is 0 Å². The number of nitrogens with zero attached hydrogens (tertiary/aromatic N) is 1. The van der Waals surface area contributed by atoms with Gasteiger partial charge in [-0.2, -0.15) is 5.41 Å². The molecule has 0 aliphatic rings. The molecule has 2 N–H and O–H groups in total. The highest BCUT2D eigenvalue weighted by molar-refractivity contribution is 5.81. The Morgan fingerprint density at radius 1 is 1.30 bits per heavy atom. The van der Waals surface area contributed by atoms with E-state index in [9.17, 15) is 0 Å². The van der Waals surface area contributed by atoms with E-state index in [1.807, 2.05) is 0 Å². The lowest BCUT2D eigenvalue weighted by Crippen LogP contribution is -1.80. The van der Waals surface area contributed by atoms with Gasteiger partial charge in [-0.05, 0) is 12.1 Å². The second-order valence-corrected chi connectivity index (χ2v) is 1.87. The van der Waals surface area contributed by atoms with Gasteiger partial charge in [0.05, 0.1) is 6.21 Å². The number of phenolic OH excluding ortho intramolecular Hbond substituents is 2. The van der Waals surface area contributed by atoms with Crippen LogP contribution in [0.25, 0.3) is 0 Å². The molecule has 0 heterocycles. The largest absolute Gasteiger partial charge is 0.508 e. The summed E-state index contributed by atoms with van der Waals surface area (Å²) in [5, 5.41) is 26.2. The molecule has 1 aromatic rings. The second-order valence-electron chi connectivity index (χ2n) is 1.87. The average molecular weight is 136 g/mol. The average Bonchev–Trinajstić information content (AvgIpc) is 1.88. The van der Waals surface area contributed by atoms with Crippen molar-refractivity contribution >= 4 is 6.21 Å². The minimum absolute atomic E-state index is 0.0249. The first kappa shape index (κ1) is 6.61. The highest BCUT2D eigenvalue weighted by Crippen LogP contribution is 2.20. The quantitative estimate of drug-likeness (QED) is 0.546. The van der Waals surface area contributed by atoms with E-state index in [-0.39, 0.29) is 17.1 Å². The molecule has 0 amide bonds. The maximum absolute atomic E-state index is 8.94. The van der Waals surface area contributed by atoms with Crippen LogP contribution in [0.15, 0.2) is 18.2 Å². The van der Waals surface area contributed by atoms with Crippen molar-refractivity contribution in [1.29, 1.82) is 0 Å². The Bertz CT molecular complexity index is 258. The third kappa shape index (κ3) is 1.07. The highest BCUT2D eigenvalue weighted by atomic mass is 16.3. The lowest BCUT2D eigenvalue weighted by atomic mass is 10.2. The topological polar surface area (TPSA) is 62.8 Å². The van der Waals surface area contributed by atoms with Gasteiger partial charge in [-0.15, -0.1) is 0 Å². The predicted octanol–water partition coefficient (Wildman–Crippen LogP) is 0.317. The van der Waals surface area contributed by atoms with Crippen LogP contribution in [0.5, 0.6) is 11.5 Å². The van der Waals surface area contributed by atoms with Crippen LogP contribution in [0.3, 0.4) is 0 Å². The fourth-order valence-electron chi connectivity index (χ4n) is 0.641. The summed E-state index contributed by atoms with van der Waals surface area (Å²) in [6.07, 6.45) is 0.773. The molecule has 0 bridgehead atoms. The van der Waals surface area contributed by atoms with Crippen molar-refractivity contribution in [3.05, 3.63) is 23.8 Å². The molecule has 0 atom stereocenters. The van der Waals surface area contributed by atoms with E-state index in [0.29, 0.717) is 0 Å². The maximum atomic E-state index is 8.94. The Kier molecular flexibility index (Phi) is 1.58. The summed E-state index contributed by atoms with van der Waals surface area (Å²) in [6, 6.07) is 3.94. The Morgan fingerprint density at radius 3 is 2.50 bits per heavy atom. The normalized spacial score (nSPS) is 9.20. The summed E-state index contributed by atoms with van der Waals surface area (Å²) in [5.74, 6) is -0.161. The van der Waals surface area contributed by atoms with Gasteiger partial charge < -0.3 is 10.2 Å². The lowest BCUT2D eigenvalue weighted by Gasteiger charge is -1.96. The minimum atomic E-state index is -0.137. The summed E-state index contributed by atoms with van der Waals surface area (Å²) in [4.78, 5) is 0. The zero-order valence-electron chi connectivity index (χ0n) is 5.15. The molecular formula is C7H6NO2. The minimum Gasteiger partial charge on any atom is -0.508 e. The summed E-state index contributed by atoms with van der Waals surface area (Å²) >= 11 is 0. The zero-order chi connectivity index (χ0) is 7.56. The molecule has 51 valence electrons. The van der Waals surface area contributed by atoms with Gasteiger partial charge in [0, 0.05) is 11.6 Å². The van der Waals surface area contributed by atoms with E-state index in [4.69, 9.17) is 15.6 Å². The molecule has 0 aliphatic heterocycles. The molecule has 0 unspecified atom stereocenters. The van der Waals surface area contributed by atoms with Crippen LogP contribution in [-0.2, 0) is 0 Å². The van der Waals surface area contributed by atoms with Crippen LogP contribution in [0, 0.1) is 0 Å².